The lowest BCUT2D eigenvalue weighted by Crippen LogP contribution is -2.38. The summed E-state index contributed by atoms with van der Waals surface area (Å²) in [7, 11) is 4.28. The van der Waals surface area contributed by atoms with Crippen molar-refractivity contribution in [1.82, 2.24) is 10.2 Å². The first-order chi connectivity index (χ1) is 9.12. The summed E-state index contributed by atoms with van der Waals surface area (Å²) >= 11 is 0. The van der Waals surface area contributed by atoms with Gasteiger partial charge in [-0.1, -0.05) is 31.5 Å². The molecular formula is C18H32N2. The first-order valence-electron chi connectivity index (χ1n) is 7.58. The lowest BCUT2D eigenvalue weighted by atomic mass is 9.90. The van der Waals surface area contributed by atoms with Crippen molar-refractivity contribution in [3.05, 3.63) is 34.4 Å². The van der Waals surface area contributed by atoms with Crippen LogP contribution in [0.4, 0.5) is 0 Å². The van der Waals surface area contributed by atoms with E-state index in [1.165, 1.54) is 22.3 Å². The number of hydrogen-bond acceptors (Lipinski definition) is 2. The fourth-order valence-corrected chi connectivity index (χ4v) is 3.32. The van der Waals surface area contributed by atoms with Gasteiger partial charge in [0.15, 0.2) is 0 Å². The summed E-state index contributed by atoms with van der Waals surface area (Å²) in [5.74, 6) is 0. The molecule has 1 aromatic carbocycles. The van der Waals surface area contributed by atoms with Crippen LogP contribution in [0.1, 0.15) is 49.1 Å². The van der Waals surface area contributed by atoms with Crippen molar-refractivity contribution in [2.45, 2.75) is 47.6 Å². The maximum Gasteiger partial charge on any atom is 0.0297 e. The van der Waals surface area contributed by atoms with Gasteiger partial charge >= 0.3 is 0 Å². The van der Waals surface area contributed by atoms with Crippen molar-refractivity contribution < 1.29 is 0 Å². The van der Waals surface area contributed by atoms with E-state index in [1.54, 1.807) is 0 Å². The molecule has 114 valence electrons. The van der Waals surface area contributed by atoms with Gasteiger partial charge in [-0.15, -0.1) is 0 Å². The number of aryl methyl sites for hydroxylation is 3. The van der Waals surface area contributed by atoms with Gasteiger partial charge in [-0.05, 0) is 63.9 Å². The summed E-state index contributed by atoms with van der Waals surface area (Å²) in [6.45, 7) is 15.6. The molecule has 20 heavy (non-hydrogen) atoms. The molecule has 2 nitrogen and oxygen atoms in total. The van der Waals surface area contributed by atoms with Gasteiger partial charge in [-0.3, -0.25) is 0 Å². The Labute approximate surface area is 125 Å². The van der Waals surface area contributed by atoms with Crippen molar-refractivity contribution in [3.63, 3.8) is 0 Å². The molecule has 1 aromatic rings. The number of benzene rings is 1. The van der Waals surface area contributed by atoms with Crippen LogP contribution in [0.5, 0.6) is 0 Å². The van der Waals surface area contributed by atoms with Gasteiger partial charge in [0.25, 0.3) is 0 Å². The Morgan fingerprint density at radius 3 is 2.05 bits per heavy atom. The van der Waals surface area contributed by atoms with Crippen molar-refractivity contribution >= 4 is 0 Å². The monoisotopic (exact) mass is 276 g/mol. The first kappa shape index (κ1) is 17.2. The molecule has 1 N–H and O–H groups in total. The Balaban J connectivity index is 2.75. The maximum absolute atomic E-state index is 3.72. The molecule has 0 saturated carbocycles. The molecular weight excluding hydrogens is 244 g/mol. The molecule has 1 unspecified atom stereocenters. The average Bonchev–Trinajstić information content (AvgIpc) is 2.23. The van der Waals surface area contributed by atoms with Crippen LogP contribution < -0.4 is 5.32 Å². The van der Waals surface area contributed by atoms with Crippen LogP contribution >= 0.6 is 0 Å². The largest absolute Gasteiger partial charge is 0.310 e. The van der Waals surface area contributed by atoms with Gasteiger partial charge < -0.3 is 10.2 Å². The standard InChI is InChI=1S/C18H32N2/c1-13-9-14(2)17(15(3)10-13)16(4)19-11-18(5,6)12-20(7)8/h9-10,16,19H,11-12H2,1-8H3. The van der Waals surface area contributed by atoms with E-state index in [4.69, 9.17) is 0 Å². The van der Waals surface area contributed by atoms with Gasteiger partial charge in [0.05, 0.1) is 0 Å². The number of hydrogen-bond donors (Lipinski definition) is 1. The zero-order valence-corrected chi connectivity index (χ0v) is 14.6. The minimum atomic E-state index is 0.282. The molecule has 0 fully saturated rings. The van der Waals surface area contributed by atoms with Gasteiger partial charge in [0.1, 0.15) is 0 Å². The molecule has 1 atom stereocenters. The van der Waals surface area contributed by atoms with Crippen molar-refractivity contribution in [2.75, 3.05) is 27.2 Å². The summed E-state index contributed by atoms with van der Waals surface area (Å²) < 4.78 is 0. The zero-order valence-electron chi connectivity index (χ0n) is 14.6. The van der Waals surface area contributed by atoms with Crippen molar-refractivity contribution in [2.24, 2.45) is 5.41 Å². The molecule has 0 aliphatic carbocycles. The molecule has 0 aliphatic rings. The van der Waals surface area contributed by atoms with E-state index in [-0.39, 0.29) is 5.41 Å². The van der Waals surface area contributed by atoms with Crippen LogP contribution in [0, 0.1) is 26.2 Å². The van der Waals surface area contributed by atoms with Crippen LogP contribution in [-0.2, 0) is 0 Å². The molecule has 0 bridgehead atoms. The van der Waals surface area contributed by atoms with Crippen LogP contribution in [0.2, 0.25) is 0 Å². The van der Waals surface area contributed by atoms with Crippen molar-refractivity contribution in [1.29, 1.82) is 0 Å². The third-order valence-corrected chi connectivity index (χ3v) is 3.80. The summed E-state index contributed by atoms with van der Waals surface area (Å²) in [6, 6.07) is 4.97. The van der Waals surface area contributed by atoms with Gasteiger partial charge in [0, 0.05) is 19.1 Å². The molecule has 0 aliphatic heterocycles. The Kier molecular flexibility index (Phi) is 5.79. The minimum Gasteiger partial charge on any atom is -0.310 e. The topological polar surface area (TPSA) is 15.3 Å². The molecule has 0 aromatic heterocycles. The first-order valence-corrected chi connectivity index (χ1v) is 7.58. The van der Waals surface area contributed by atoms with E-state index in [9.17, 15) is 0 Å². The van der Waals surface area contributed by atoms with E-state index in [0.717, 1.165) is 13.1 Å². The summed E-state index contributed by atoms with van der Waals surface area (Å²) in [5, 5.41) is 3.72. The van der Waals surface area contributed by atoms with E-state index < -0.39 is 0 Å². The fraction of sp³-hybridized carbons (Fsp3) is 0.667. The van der Waals surface area contributed by atoms with Gasteiger partial charge in [0.2, 0.25) is 0 Å². The molecule has 0 radical (unpaired) electrons. The second kappa shape index (κ2) is 6.73. The SMILES string of the molecule is Cc1cc(C)c(C(C)NCC(C)(C)CN(C)C)c(C)c1. The van der Waals surface area contributed by atoms with Crippen molar-refractivity contribution in [3.8, 4) is 0 Å². The number of rotatable bonds is 6. The smallest absolute Gasteiger partial charge is 0.0297 e. The highest BCUT2D eigenvalue weighted by Gasteiger charge is 2.20. The summed E-state index contributed by atoms with van der Waals surface area (Å²) in [4.78, 5) is 2.26. The second-order valence-electron chi connectivity index (χ2n) is 7.32. The average molecular weight is 276 g/mol. The van der Waals surface area contributed by atoms with E-state index in [0.29, 0.717) is 6.04 Å². The summed E-state index contributed by atoms with van der Waals surface area (Å²) in [5.41, 5.74) is 5.88. The maximum atomic E-state index is 3.72. The predicted octanol–water partition coefficient (Wildman–Crippen LogP) is 3.85. The quantitative estimate of drug-likeness (QED) is 0.849. The number of nitrogens with one attached hydrogen (secondary N) is 1. The van der Waals surface area contributed by atoms with E-state index in [2.05, 4.69) is 78.0 Å². The Bertz CT molecular complexity index is 424. The third-order valence-electron chi connectivity index (χ3n) is 3.80. The molecule has 0 saturated heterocycles. The van der Waals surface area contributed by atoms with Crippen LogP contribution in [0.15, 0.2) is 12.1 Å². The highest BCUT2D eigenvalue weighted by molar-refractivity contribution is 5.39. The number of nitrogens with zero attached hydrogens (tertiary/aromatic N) is 1. The predicted molar refractivity (Wildman–Crippen MR) is 89.4 cm³/mol. The molecule has 2 heteroatoms. The lowest BCUT2D eigenvalue weighted by molar-refractivity contribution is 0.226. The molecule has 0 heterocycles. The van der Waals surface area contributed by atoms with Crippen LogP contribution in [0.3, 0.4) is 0 Å². The summed E-state index contributed by atoms with van der Waals surface area (Å²) in [6.07, 6.45) is 0. The Hall–Kier alpha value is -0.860. The lowest BCUT2D eigenvalue weighted by Gasteiger charge is -2.31. The van der Waals surface area contributed by atoms with E-state index >= 15 is 0 Å². The third kappa shape index (κ3) is 4.92. The normalized spacial score (nSPS) is 13.8. The van der Waals surface area contributed by atoms with E-state index in [1.807, 2.05) is 0 Å². The Morgan fingerprint density at radius 2 is 1.60 bits per heavy atom. The van der Waals surface area contributed by atoms with Gasteiger partial charge in [-0.25, -0.2) is 0 Å². The zero-order chi connectivity index (χ0) is 15.5. The highest BCUT2D eigenvalue weighted by atomic mass is 15.1. The molecule has 1 rings (SSSR count). The molecule has 0 spiro atoms. The fourth-order valence-electron chi connectivity index (χ4n) is 3.32. The van der Waals surface area contributed by atoms with Crippen LogP contribution in [0.25, 0.3) is 0 Å². The van der Waals surface area contributed by atoms with Gasteiger partial charge in [-0.2, -0.15) is 0 Å². The molecule has 0 amide bonds. The van der Waals surface area contributed by atoms with Crippen LogP contribution in [-0.4, -0.2) is 32.1 Å². The minimum absolute atomic E-state index is 0.282. The highest BCUT2D eigenvalue weighted by Crippen LogP contribution is 2.24. The Morgan fingerprint density at radius 1 is 1.10 bits per heavy atom. The second-order valence-corrected chi connectivity index (χ2v) is 7.32.